The van der Waals surface area contributed by atoms with E-state index in [0.29, 0.717) is 28.9 Å². The van der Waals surface area contributed by atoms with E-state index in [-0.39, 0.29) is 33.3 Å². The Kier molecular flexibility index (Phi) is 9.47. The maximum atomic E-state index is 14.2. The van der Waals surface area contributed by atoms with Crippen molar-refractivity contribution < 1.29 is 19.0 Å². The van der Waals surface area contributed by atoms with Gasteiger partial charge in [-0.2, -0.15) is 4.98 Å². The lowest BCUT2D eigenvalue weighted by atomic mass is 9.96. The van der Waals surface area contributed by atoms with Gasteiger partial charge in [-0.25, -0.2) is 9.37 Å². The van der Waals surface area contributed by atoms with Crippen LogP contribution in [-0.2, 0) is 10.4 Å². The molecule has 0 radical (unpaired) electrons. The van der Waals surface area contributed by atoms with Gasteiger partial charge in [0.05, 0.1) is 41.0 Å². The molecule has 1 unspecified atom stereocenters. The van der Waals surface area contributed by atoms with Crippen molar-refractivity contribution >= 4 is 63.6 Å². The Morgan fingerprint density at radius 1 is 1.19 bits per heavy atom. The number of rotatable bonds is 10. The second-order valence-electron chi connectivity index (χ2n) is 10.6. The molecule has 1 saturated heterocycles. The van der Waals surface area contributed by atoms with Gasteiger partial charge in [0.25, 0.3) is 0 Å². The fourth-order valence-electron chi connectivity index (χ4n) is 4.68. The first-order chi connectivity index (χ1) is 19.8. The summed E-state index contributed by atoms with van der Waals surface area (Å²) in [6.45, 7) is 8.22. The minimum absolute atomic E-state index is 0.136. The summed E-state index contributed by atoms with van der Waals surface area (Å²) < 4.78 is 19.9. The molecule has 3 aromatic rings. The Bertz CT molecular complexity index is 1500. The van der Waals surface area contributed by atoms with Crippen LogP contribution < -0.4 is 25.6 Å². The number of aliphatic hydroxyl groups is 1. The third-order valence-corrected chi connectivity index (χ3v) is 7.52. The topological polar surface area (TPSA) is 115 Å². The summed E-state index contributed by atoms with van der Waals surface area (Å²) >= 11 is 12.4. The number of aromatic nitrogens is 2. The van der Waals surface area contributed by atoms with Crippen LogP contribution in [0.4, 0.5) is 38.9 Å². The SMILES string of the molecule is C=CC(=O)Nc1cc(Nc2ncc(Cl)c(Nc3cc(Cl)c(F)cc3C(C)(C)O)n2)c(OC)cc1N1CCC(N(C)C)C1. The second-order valence-corrected chi connectivity index (χ2v) is 11.4. The summed E-state index contributed by atoms with van der Waals surface area (Å²) in [6, 6.07) is 6.48. The lowest BCUT2D eigenvalue weighted by Gasteiger charge is -2.25. The number of carbonyl (C=O) groups excluding carboxylic acids is 1. The number of likely N-dealkylation sites (N-methyl/N-ethyl adjacent to an activating group) is 1. The highest BCUT2D eigenvalue weighted by Gasteiger charge is 2.28. The van der Waals surface area contributed by atoms with Crippen molar-refractivity contribution in [1.82, 2.24) is 14.9 Å². The molecule has 0 saturated carbocycles. The van der Waals surface area contributed by atoms with Gasteiger partial charge < -0.3 is 35.6 Å². The van der Waals surface area contributed by atoms with Crippen LogP contribution in [0.15, 0.2) is 43.1 Å². The van der Waals surface area contributed by atoms with Crippen molar-refractivity contribution in [3.63, 3.8) is 0 Å². The van der Waals surface area contributed by atoms with E-state index >= 15 is 0 Å². The smallest absolute Gasteiger partial charge is 0.247 e. The van der Waals surface area contributed by atoms with Crippen LogP contribution in [0.2, 0.25) is 10.0 Å². The molecule has 1 amide bonds. The van der Waals surface area contributed by atoms with Crippen molar-refractivity contribution in [3.8, 4) is 5.75 Å². The van der Waals surface area contributed by atoms with Gasteiger partial charge in [0.15, 0.2) is 5.82 Å². The Balaban J connectivity index is 1.70. The first-order valence-electron chi connectivity index (χ1n) is 13.2. The van der Waals surface area contributed by atoms with E-state index in [2.05, 4.69) is 42.3 Å². The Morgan fingerprint density at radius 2 is 1.93 bits per heavy atom. The zero-order valence-electron chi connectivity index (χ0n) is 24.1. The lowest BCUT2D eigenvalue weighted by molar-refractivity contribution is -0.111. The van der Waals surface area contributed by atoms with Gasteiger partial charge in [-0.1, -0.05) is 29.8 Å². The minimum Gasteiger partial charge on any atom is -0.494 e. The first-order valence-corrected chi connectivity index (χ1v) is 13.9. The predicted octanol–water partition coefficient (Wildman–Crippen LogP) is 5.91. The quantitative estimate of drug-likeness (QED) is 0.206. The van der Waals surface area contributed by atoms with E-state index in [1.54, 1.807) is 13.2 Å². The van der Waals surface area contributed by atoms with Crippen molar-refractivity contribution in [3.05, 3.63) is 64.5 Å². The number of amides is 1. The van der Waals surface area contributed by atoms with E-state index in [1.165, 1.54) is 32.2 Å². The normalized spacial score (nSPS) is 15.1. The van der Waals surface area contributed by atoms with Gasteiger partial charge in [-0.05, 0) is 58.6 Å². The van der Waals surface area contributed by atoms with Crippen molar-refractivity contribution in [1.29, 1.82) is 0 Å². The number of hydrogen-bond donors (Lipinski definition) is 4. The lowest BCUT2D eigenvalue weighted by Crippen LogP contribution is -2.31. The molecule has 0 bridgehead atoms. The van der Waals surface area contributed by atoms with Gasteiger partial charge >= 0.3 is 0 Å². The average molecular weight is 619 g/mol. The van der Waals surface area contributed by atoms with E-state index < -0.39 is 11.4 Å². The van der Waals surface area contributed by atoms with Crippen LogP contribution >= 0.6 is 23.2 Å². The van der Waals surface area contributed by atoms with E-state index in [0.717, 1.165) is 31.3 Å². The molecule has 4 rings (SSSR count). The molecule has 0 spiro atoms. The van der Waals surface area contributed by atoms with Crippen molar-refractivity contribution in [2.24, 2.45) is 0 Å². The first kappa shape index (κ1) is 31.3. The maximum Gasteiger partial charge on any atom is 0.247 e. The molecule has 4 N–H and O–H groups in total. The standard InChI is InChI=1S/C29H34Cl2FN7O3/c1-7-26(40)34-22-12-23(25(42-6)13-24(22)39-9-8-16(15-39)38(4)5)36-28-33-14-19(31)27(37-28)35-21-11-18(30)20(32)10-17(21)29(2,3)41/h7,10-14,16,41H,1,8-9,15H2,2-6H3,(H,34,40)(H2,33,35,36,37). The number of benzene rings is 2. The molecule has 224 valence electrons. The van der Waals surface area contributed by atoms with E-state index in [9.17, 15) is 14.3 Å². The van der Waals surface area contributed by atoms with Crippen LogP contribution in [0.25, 0.3) is 0 Å². The molecule has 1 aliphatic heterocycles. The zero-order valence-corrected chi connectivity index (χ0v) is 25.6. The molecular formula is C29H34Cl2FN7O3. The molecule has 13 heteroatoms. The third-order valence-electron chi connectivity index (χ3n) is 6.96. The summed E-state index contributed by atoms with van der Waals surface area (Å²) in [4.78, 5) is 25.5. The monoisotopic (exact) mass is 617 g/mol. The Morgan fingerprint density at radius 3 is 2.55 bits per heavy atom. The molecule has 0 aliphatic carbocycles. The van der Waals surface area contributed by atoms with Gasteiger partial charge in [0.1, 0.15) is 16.6 Å². The number of halogens is 3. The summed E-state index contributed by atoms with van der Waals surface area (Å²) in [5.41, 5.74) is 1.04. The zero-order chi connectivity index (χ0) is 30.8. The molecule has 2 aromatic carbocycles. The highest BCUT2D eigenvalue weighted by Crippen LogP contribution is 2.40. The van der Waals surface area contributed by atoms with Crippen LogP contribution in [-0.4, -0.2) is 66.2 Å². The molecule has 2 heterocycles. The van der Waals surface area contributed by atoms with Gasteiger partial charge in [0, 0.05) is 36.4 Å². The molecule has 10 nitrogen and oxygen atoms in total. The highest BCUT2D eigenvalue weighted by atomic mass is 35.5. The van der Waals surface area contributed by atoms with E-state index in [1.807, 2.05) is 20.2 Å². The van der Waals surface area contributed by atoms with Gasteiger partial charge in [0.2, 0.25) is 11.9 Å². The highest BCUT2D eigenvalue weighted by molar-refractivity contribution is 6.33. The molecule has 1 atom stereocenters. The van der Waals surface area contributed by atoms with Crippen LogP contribution in [0.3, 0.4) is 0 Å². The summed E-state index contributed by atoms with van der Waals surface area (Å²) in [5.74, 6) is -0.189. The fraction of sp³-hybridized carbons (Fsp3) is 0.345. The minimum atomic E-state index is -1.39. The van der Waals surface area contributed by atoms with Crippen LogP contribution in [0, 0.1) is 5.82 Å². The number of hydrogen-bond acceptors (Lipinski definition) is 9. The van der Waals surface area contributed by atoms with Gasteiger partial charge in [-0.15, -0.1) is 0 Å². The number of nitrogens with one attached hydrogen (secondary N) is 3. The van der Waals surface area contributed by atoms with Gasteiger partial charge in [-0.3, -0.25) is 4.79 Å². The molecule has 1 aromatic heterocycles. The number of ether oxygens (including phenoxy) is 1. The molecule has 42 heavy (non-hydrogen) atoms. The fourth-order valence-corrected chi connectivity index (χ4v) is 4.98. The summed E-state index contributed by atoms with van der Waals surface area (Å²) in [5, 5.41) is 19.7. The van der Waals surface area contributed by atoms with Crippen molar-refractivity contribution in [2.75, 3.05) is 55.1 Å². The largest absolute Gasteiger partial charge is 0.494 e. The number of nitrogens with zero attached hydrogens (tertiary/aromatic N) is 4. The number of anilines is 6. The summed E-state index contributed by atoms with van der Waals surface area (Å²) in [7, 11) is 5.64. The van der Waals surface area contributed by atoms with E-state index in [4.69, 9.17) is 27.9 Å². The Hall–Kier alpha value is -3.64. The molecule has 1 aliphatic rings. The van der Waals surface area contributed by atoms with Crippen LogP contribution in [0.1, 0.15) is 25.8 Å². The number of carbonyl (C=O) groups is 1. The third kappa shape index (κ3) is 7.04. The summed E-state index contributed by atoms with van der Waals surface area (Å²) in [6.07, 6.45) is 3.57. The maximum absolute atomic E-state index is 14.2. The Labute approximate surface area is 254 Å². The number of methoxy groups -OCH3 is 1. The average Bonchev–Trinajstić information content (AvgIpc) is 3.42. The predicted molar refractivity (Wildman–Crippen MR) is 166 cm³/mol. The molecular weight excluding hydrogens is 584 g/mol. The molecule has 1 fully saturated rings. The van der Waals surface area contributed by atoms with Crippen molar-refractivity contribution in [2.45, 2.75) is 31.9 Å². The second kappa shape index (κ2) is 12.7. The van der Waals surface area contributed by atoms with Crippen LogP contribution in [0.5, 0.6) is 5.75 Å².